The Hall–Kier alpha value is -1.60. The Morgan fingerprint density at radius 2 is 2.10 bits per heavy atom. The third kappa shape index (κ3) is 4.82. The monoisotopic (exact) mass is 290 g/mol. The second-order valence-electron chi connectivity index (χ2n) is 4.57. The zero-order valence-electron chi connectivity index (χ0n) is 11.2. The molecule has 2 N–H and O–H groups in total. The molecule has 0 aliphatic heterocycles. The van der Waals surface area contributed by atoms with Crippen molar-refractivity contribution >= 4 is 11.6 Å². The van der Waals surface area contributed by atoms with Gasteiger partial charge in [0.15, 0.2) is 0 Å². The van der Waals surface area contributed by atoms with E-state index in [9.17, 15) is 18.0 Å². The van der Waals surface area contributed by atoms with Gasteiger partial charge in [0, 0.05) is 11.7 Å². The lowest BCUT2D eigenvalue weighted by Gasteiger charge is -2.22. The summed E-state index contributed by atoms with van der Waals surface area (Å²) in [4.78, 5) is 13.3. The van der Waals surface area contributed by atoms with Crippen LogP contribution in [-0.4, -0.2) is 42.2 Å². The molecule has 0 saturated carbocycles. The minimum Gasteiger partial charge on any atom is -0.395 e. The summed E-state index contributed by atoms with van der Waals surface area (Å²) in [5.41, 5.74) is -0.720. The number of rotatable bonds is 5. The smallest absolute Gasteiger partial charge is 0.395 e. The molecule has 1 aromatic rings. The largest absolute Gasteiger partial charge is 0.416 e. The number of anilines is 1. The number of aliphatic hydroxyl groups excluding tert-OH is 1. The molecule has 112 valence electrons. The average molecular weight is 290 g/mol. The first-order valence-corrected chi connectivity index (χ1v) is 6.02. The van der Waals surface area contributed by atoms with Crippen LogP contribution in [0.3, 0.4) is 0 Å². The normalized spacial score (nSPS) is 13.3. The van der Waals surface area contributed by atoms with E-state index in [4.69, 9.17) is 5.11 Å². The van der Waals surface area contributed by atoms with Gasteiger partial charge in [0.05, 0.1) is 18.7 Å². The first-order valence-electron chi connectivity index (χ1n) is 6.02. The highest BCUT2D eigenvalue weighted by atomic mass is 19.4. The van der Waals surface area contributed by atoms with Crippen molar-refractivity contribution in [2.75, 3.05) is 25.5 Å². The molecule has 1 rings (SSSR count). The molecule has 1 unspecified atom stereocenters. The minimum absolute atomic E-state index is 0.0159. The number of amides is 1. The number of aliphatic hydroxyl groups is 1. The zero-order valence-corrected chi connectivity index (χ0v) is 11.2. The summed E-state index contributed by atoms with van der Waals surface area (Å²) >= 11 is 0. The summed E-state index contributed by atoms with van der Waals surface area (Å²) in [6.45, 7) is 1.61. The number of hydrogen-bond donors (Lipinski definition) is 2. The number of carbonyl (C=O) groups is 1. The van der Waals surface area contributed by atoms with Gasteiger partial charge in [-0.1, -0.05) is 6.07 Å². The van der Waals surface area contributed by atoms with Crippen LogP contribution in [0.25, 0.3) is 0 Å². The molecule has 4 nitrogen and oxygen atoms in total. The van der Waals surface area contributed by atoms with E-state index in [0.717, 1.165) is 12.1 Å². The van der Waals surface area contributed by atoms with Gasteiger partial charge in [-0.05, 0) is 32.2 Å². The van der Waals surface area contributed by atoms with Gasteiger partial charge in [-0.25, -0.2) is 0 Å². The molecule has 20 heavy (non-hydrogen) atoms. The van der Waals surface area contributed by atoms with Gasteiger partial charge in [0.1, 0.15) is 0 Å². The van der Waals surface area contributed by atoms with Gasteiger partial charge in [-0.15, -0.1) is 0 Å². The lowest BCUT2D eigenvalue weighted by molar-refractivity contribution is -0.137. The summed E-state index contributed by atoms with van der Waals surface area (Å²) in [6, 6.07) is 4.24. The fraction of sp³-hybridized carbons (Fsp3) is 0.462. The Balaban J connectivity index is 2.67. The van der Waals surface area contributed by atoms with Gasteiger partial charge >= 0.3 is 6.18 Å². The van der Waals surface area contributed by atoms with Crippen LogP contribution in [0.4, 0.5) is 18.9 Å². The lowest BCUT2D eigenvalue weighted by atomic mass is 10.2. The molecule has 0 aromatic heterocycles. The molecule has 0 aliphatic rings. The van der Waals surface area contributed by atoms with E-state index < -0.39 is 17.6 Å². The molecular weight excluding hydrogens is 273 g/mol. The van der Waals surface area contributed by atoms with Crippen LogP contribution in [0.1, 0.15) is 12.5 Å². The van der Waals surface area contributed by atoms with Crippen LogP contribution in [0.5, 0.6) is 0 Å². The molecule has 0 spiro atoms. The first kappa shape index (κ1) is 16.5. The van der Waals surface area contributed by atoms with E-state index >= 15 is 0 Å². The van der Waals surface area contributed by atoms with Gasteiger partial charge in [-0.3, -0.25) is 9.69 Å². The Morgan fingerprint density at radius 3 is 2.65 bits per heavy atom. The Morgan fingerprint density at radius 1 is 1.45 bits per heavy atom. The van der Waals surface area contributed by atoms with Gasteiger partial charge in [0.25, 0.3) is 0 Å². The highest BCUT2D eigenvalue weighted by molar-refractivity contribution is 5.92. The highest BCUT2D eigenvalue weighted by Gasteiger charge is 2.30. The molecule has 0 saturated heterocycles. The number of carbonyl (C=O) groups excluding carboxylic acids is 1. The molecule has 1 aromatic carbocycles. The SMILES string of the molecule is CC(CO)N(C)CC(=O)Nc1cccc(C(F)(F)F)c1. The quantitative estimate of drug-likeness (QED) is 0.871. The second kappa shape index (κ2) is 6.71. The predicted octanol–water partition coefficient (Wildman–Crippen LogP) is 1.96. The molecule has 0 fully saturated rings. The molecule has 0 bridgehead atoms. The third-order valence-electron chi connectivity index (χ3n) is 2.88. The lowest BCUT2D eigenvalue weighted by Crippen LogP contribution is -2.38. The number of nitrogens with zero attached hydrogens (tertiary/aromatic N) is 1. The molecule has 1 atom stereocenters. The maximum Gasteiger partial charge on any atom is 0.416 e. The predicted molar refractivity (Wildman–Crippen MR) is 69.3 cm³/mol. The molecule has 1 amide bonds. The van der Waals surface area contributed by atoms with Gasteiger partial charge in [0.2, 0.25) is 5.91 Å². The fourth-order valence-corrected chi connectivity index (χ4v) is 1.50. The van der Waals surface area contributed by atoms with Gasteiger partial charge < -0.3 is 10.4 Å². The summed E-state index contributed by atoms with van der Waals surface area (Å²) in [5.74, 6) is -0.438. The zero-order chi connectivity index (χ0) is 15.3. The van der Waals surface area contributed by atoms with E-state index in [-0.39, 0.29) is 24.9 Å². The maximum atomic E-state index is 12.5. The van der Waals surface area contributed by atoms with Crippen LogP contribution in [0.2, 0.25) is 0 Å². The number of benzene rings is 1. The molecule has 0 radical (unpaired) electrons. The van der Waals surface area contributed by atoms with Crippen LogP contribution >= 0.6 is 0 Å². The minimum atomic E-state index is -4.44. The number of halogens is 3. The fourth-order valence-electron chi connectivity index (χ4n) is 1.50. The Bertz CT molecular complexity index is 463. The van der Waals surface area contributed by atoms with E-state index in [1.807, 2.05) is 0 Å². The summed E-state index contributed by atoms with van der Waals surface area (Å²) < 4.78 is 37.6. The van der Waals surface area contributed by atoms with Crippen LogP contribution < -0.4 is 5.32 Å². The van der Waals surface area contributed by atoms with Crippen molar-refractivity contribution in [3.8, 4) is 0 Å². The number of nitrogens with one attached hydrogen (secondary N) is 1. The second-order valence-corrected chi connectivity index (χ2v) is 4.57. The van der Waals surface area contributed by atoms with E-state index in [0.29, 0.717) is 0 Å². The topological polar surface area (TPSA) is 52.6 Å². The van der Waals surface area contributed by atoms with Crippen molar-refractivity contribution in [3.63, 3.8) is 0 Å². The third-order valence-corrected chi connectivity index (χ3v) is 2.88. The van der Waals surface area contributed by atoms with E-state index in [1.54, 1.807) is 18.9 Å². The number of hydrogen-bond acceptors (Lipinski definition) is 3. The summed E-state index contributed by atoms with van der Waals surface area (Å²) in [7, 11) is 1.65. The standard InChI is InChI=1S/C13H17F3N2O2/c1-9(8-19)18(2)7-12(20)17-11-5-3-4-10(6-11)13(14,15)16/h3-6,9,19H,7-8H2,1-2H3,(H,17,20). The van der Waals surface area contributed by atoms with Crippen LogP contribution in [0.15, 0.2) is 24.3 Å². The van der Waals surface area contributed by atoms with E-state index in [2.05, 4.69) is 5.32 Å². The highest BCUT2D eigenvalue weighted by Crippen LogP contribution is 2.30. The van der Waals surface area contributed by atoms with Crippen LogP contribution in [-0.2, 0) is 11.0 Å². The average Bonchev–Trinajstić information content (AvgIpc) is 2.36. The first-order chi connectivity index (χ1) is 9.24. The summed E-state index contributed by atoms with van der Waals surface area (Å²) in [5, 5.41) is 11.3. The van der Waals surface area contributed by atoms with Crippen molar-refractivity contribution in [2.45, 2.75) is 19.1 Å². The van der Waals surface area contributed by atoms with Gasteiger partial charge in [-0.2, -0.15) is 13.2 Å². The van der Waals surface area contributed by atoms with Crippen molar-refractivity contribution < 1.29 is 23.1 Å². The van der Waals surface area contributed by atoms with Crippen molar-refractivity contribution in [2.24, 2.45) is 0 Å². The van der Waals surface area contributed by atoms with Crippen molar-refractivity contribution in [1.82, 2.24) is 4.90 Å². The molecule has 0 heterocycles. The van der Waals surface area contributed by atoms with E-state index in [1.165, 1.54) is 12.1 Å². The summed E-state index contributed by atoms with van der Waals surface area (Å²) in [6.07, 6.45) is -4.44. The molecule has 7 heteroatoms. The van der Waals surface area contributed by atoms with Crippen molar-refractivity contribution in [1.29, 1.82) is 0 Å². The number of likely N-dealkylation sites (N-methyl/N-ethyl adjacent to an activating group) is 1. The number of alkyl halides is 3. The Labute approximate surface area is 115 Å². The molecule has 0 aliphatic carbocycles. The Kier molecular flexibility index (Phi) is 5.52. The maximum absolute atomic E-state index is 12.5. The van der Waals surface area contributed by atoms with Crippen molar-refractivity contribution in [3.05, 3.63) is 29.8 Å². The molecular formula is C13H17F3N2O2. The van der Waals surface area contributed by atoms with Crippen LogP contribution in [0, 0.1) is 0 Å².